The van der Waals surface area contributed by atoms with E-state index in [0.717, 1.165) is 32.5 Å². The summed E-state index contributed by atoms with van der Waals surface area (Å²) < 4.78 is 0. The first-order chi connectivity index (χ1) is 9.31. The number of unbranched alkanes of at least 4 members (excludes halogenated alkanes) is 1. The standard InChI is InChI=1S/C15H34N4O/c1-13(2)19(5)12-7-6-10-17-11-8-9-15(3,4)14(16)18-20/h13,17,20H,6-12H2,1-5H3,(H2,16,18). The zero-order valence-corrected chi connectivity index (χ0v) is 13.9. The molecule has 0 aromatic heterocycles. The van der Waals surface area contributed by atoms with Crippen molar-refractivity contribution in [3.8, 4) is 0 Å². The van der Waals surface area contributed by atoms with E-state index < -0.39 is 0 Å². The maximum absolute atomic E-state index is 8.70. The fourth-order valence-electron chi connectivity index (χ4n) is 1.91. The van der Waals surface area contributed by atoms with Crippen molar-refractivity contribution >= 4 is 5.84 Å². The Morgan fingerprint density at radius 3 is 2.40 bits per heavy atom. The Labute approximate surface area is 124 Å². The lowest BCUT2D eigenvalue weighted by Gasteiger charge is -2.22. The molecule has 0 bridgehead atoms. The number of amidine groups is 1. The fraction of sp³-hybridized carbons (Fsp3) is 0.933. The van der Waals surface area contributed by atoms with E-state index in [1.807, 2.05) is 13.8 Å². The number of nitrogens with one attached hydrogen (secondary N) is 1. The van der Waals surface area contributed by atoms with E-state index in [1.165, 1.54) is 12.8 Å². The first kappa shape index (κ1) is 19.2. The molecule has 4 N–H and O–H groups in total. The third-order valence-corrected chi connectivity index (χ3v) is 3.95. The van der Waals surface area contributed by atoms with E-state index in [9.17, 15) is 0 Å². The van der Waals surface area contributed by atoms with Crippen LogP contribution in [0.1, 0.15) is 53.4 Å². The van der Waals surface area contributed by atoms with Gasteiger partial charge in [0.15, 0.2) is 0 Å². The van der Waals surface area contributed by atoms with Crippen molar-refractivity contribution in [2.75, 3.05) is 26.7 Å². The molecule has 0 rings (SSSR count). The van der Waals surface area contributed by atoms with Crippen molar-refractivity contribution < 1.29 is 5.21 Å². The minimum atomic E-state index is -0.226. The Bertz CT molecular complexity index is 277. The van der Waals surface area contributed by atoms with E-state index in [-0.39, 0.29) is 5.41 Å². The molecular weight excluding hydrogens is 252 g/mol. The van der Waals surface area contributed by atoms with E-state index >= 15 is 0 Å². The SMILES string of the molecule is CC(C)N(C)CCCCNCCCC(C)(C)C(N)=NO. The number of nitrogens with two attached hydrogens (primary N) is 1. The zero-order valence-electron chi connectivity index (χ0n) is 13.9. The van der Waals surface area contributed by atoms with Crippen LogP contribution in [0.15, 0.2) is 5.16 Å². The van der Waals surface area contributed by atoms with Gasteiger partial charge in [0, 0.05) is 11.5 Å². The van der Waals surface area contributed by atoms with Crippen molar-refractivity contribution in [1.29, 1.82) is 0 Å². The van der Waals surface area contributed by atoms with Gasteiger partial charge in [-0.15, -0.1) is 0 Å². The predicted molar refractivity (Wildman–Crippen MR) is 86.3 cm³/mol. The van der Waals surface area contributed by atoms with Gasteiger partial charge in [-0.3, -0.25) is 0 Å². The molecule has 0 heterocycles. The molecule has 5 nitrogen and oxygen atoms in total. The summed E-state index contributed by atoms with van der Waals surface area (Å²) in [6.07, 6.45) is 4.40. The van der Waals surface area contributed by atoms with Crippen LogP contribution in [0.3, 0.4) is 0 Å². The molecule has 0 aliphatic rings. The van der Waals surface area contributed by atoms with Crippen molar-refractivity contribution in [3.63, 3.8) is 0 Å². The molecule has 5 heteroatoms. The molecule has 0 amide bonds. The van der Waals surface area contributed by atoms with Gasteiger partial charge in [0.25, 0.3) is 0 Å². The molecule has 0 atom stereocenters. The summed E-state index contributed by atoms with van der Waals surface area (Å²) in [4.78, 5) is 2.37. The monoisotopic (exact) mass is 286 g/mol. The Kier molecular flexibility index (Phi) is 9.59. The lowest BCUT2D eigenvalue weighted by molar-refractivity contribution is 0.268. The van der Waals surface area contributed by atoms with Crippen LogP contribution < -0.4 is 11.1 Å². The van der Waals surface area contributed by atoms with Crippen LogP contribution in [0, 0.1) is 5.41 Å². The Hall–Kier alpha value is -0.810. The summed E-state index contributed by atoms with van der Waals surface area (Å²) in [6.45, 7) is 11.7. The first-order valence-electron chi connectivity index (χ1n) is 7.70. The average molecular weight is 286 g/mol. The highest BCUT2D eigenvalue weighted by molar-refractivity contribution is 5.85. The smallest absolute Gasteiger partial charge is 0.144 e. The summed E-state index contributed by atoms with van der Waals surface area (Å²) in [7, 11) is 2.17. The fourth-order valence-corrected chi connectivity index (χ4v) is 1.91. The van der Waals surface area contributed by atoms with Crippen molar-refractivity contribution in [2.24, 2.45) is 16.3 Å². The summed E-state index contributed by atoms with van der Waals surface area (Å²) in [5.74, 6) is 0.314. The van der Waals surface area contributed by atoms with Crippen LogP contribution in [-0.2, 0) is 0 Å². The van der Waals surface area contributed by atoms with E-state index in [4.69, 9.17) is 10.9 Å². The summed E-state index contributed by atoms with van der Waals surface area (Å²) in [5, 5.41) is 15.3. The van der Waals surface area contributed by atoms with Crippen LogP contribution >= 0.6 is 0 Å². The van der Waals surface area contributed by atoms with Gasteiger partial charge in [-0.1, -0.05) is 19.0 Å². The molecule has 0 aromatic rings. The number of hydrogen-bond donors (Lipinski definition) is 3. The van der Waals surface area contributed by atoms with Gasteiger partial charge < -0.3 is 21.2 Å². The zero-order chi connectivity index (χ0) is 15.6. The van der Waals surface area contributed by atoms with Gasteiger partial charge in [0.2, 0.25) is 0 Å². The molecule has 0 saturated carbocycles. The minimum absolute atomic E-state index is 0.226. The number of oxime groups is 1. The largest absolute Gasteiger partial charge is 0.409 e. The topological polar surface area (TPSA) is 73.9 Å². The van der Waals surface area contributed by atoms with Gasteiger partial charge in [-0.05, 0) is 66.2 Å². The van der Waals surface area contributed by atoms with Crippen LogP contribution in [-0.4, -0.2) is 48.7 Å². The molecule has 0 saturated heterocycles. The molecule has 0 spiro atoms. The Morgan fingerprint density at radius 2 is 1.85 bits per heavy atom. The highest BCUT2D eigenvalue weighted by Gasteiger charge is 2.22. The van der Waals surface area contributed by atoms with E-state index in [2.05, 4.69) is 36.3 Å². The first-order valence-corrected chi connectivity index (χ1v) is 7.70. The molecule has 0 unspecified atom stereocenters. The number of nitrogens with zero attached hydrogens (tertiary/aromatic N) is 2. The quantitative estimate of drug-likeness (QED) is 0.179. The second-order valence-electron chi connectivity index (χ2n) is 6.50. The lowest BCUT2D eigenvalue weighted by atomic mass is 9.86. The molecule has 0 radical (unpaired) electrons. The predicted octanol–water partition coefficient (Wildman–Crippen LogP) is 2.25. The molecule has 20 heavy (non-hydrogen) atoms. The van der Waals surface area contributed by atoms with Gasteiger partial charge in [-0.25, -0.2) is 0 Å². The van der Waals surface area contributed by atoms with Gasteiger partial charge >= 0.3 is 0 Å². The maximum Gasteiger partial charge on any atom is 0.144 e. The van der Waals surface area contributed by atoms with Crippen molar-refractivity contribution in [3.05, 3.63) is 0 Å². The van der Waals surface area contributed by atoms with Gasteiger partial charge in [0.1, 0.15) is 5.84 Å². The number of rotatable bonds is 11. The van der Waals surface area contributed by atoms with Crippen molar-refractivity contribution in [1.82, 2.24) is 10.2 Å². The highest BCUT2D eigenvalue weighted by Crippen LogP contribution is 2.21. The summed E-state index contributed by atoms with van der Waals surface area (Å²) in [5.41, 5.74) is 5.43. The molecule has 0 aliphatic heterocycles. The second kappa shape index (κ2) is 10.00. The van der Waals surface area contributed by atoms with E-state index in [0.29, 0.717) is 11.9 Å². The normalized spacial score (nSPS) is 13.4. The van der Waals surface area contributed by atoms with Crippen molar-refractivity contribution in [2.45, 2.75) is 59.4 Å². The Morgan fingerprint density at radius 1 is 1.25 bits per heavy atom. The summed E-state index contributed by atoms with van der Waals surface area (Å²) in [6, 6.07) is 0.629. The minimum Gasteiger partial charge on any atom is -0.409 e. The lowest BCUT2D eigenvalue weighted by Crippen LogP contribution is -2.32. The molecule has 0 aromatic carbocycles. The number of hydrogen-bond acceptors (Lipinski definition) is 4. The maximum atomic E-state index is 8.70. The Balaban J connectivity index is 3.50. The highest BCUT2D eigenvalue weighted by atomic mass is 16.4. The molecule has 0 fully saturated rings. The van der Waals surface area contributed by atoms with Crippen LogP contribution in [0.2, 0.25) is 0 Å². The third-order valence-electron chi connectivity index (χ3n) is 3.95. The van der Waals surface area contributed by atoms with Crippen LogP contribution in [0.4, 0.5) is 0 Å². The van der Waals surface area contributed by atoms with Gasteiger partial charge in [-0.2, -0.15) is 0 Å². The third kappa shape index (κ3) is 8.38. The van der Waals surface area contributed by atoms with Gasteiger partial charge in [0.05, 0.1) is 0 Å². The molecule has 120 valence electrons. The van der Waals surface area contributed by atoms with Crippen LogP contribution in [0.5, 0.6) is 0 Å². The average Bonchev–Trinajstić information content (AvgIpc) is 2.40. The van der Waals surface area contributed by atoms with Crippen LogP contribution in [0.25, 0.3) is 0 Å². The summed E-state index contributed by atoms with van der Waals surface area (Å²) >= 11 is 0. The van der Waals surface area contributed by atoms with E-state index in [1.54, 1.807) is 0 Å². The second-order valence-corrected chi connectivity index (χ2v) is 6.50. The molecular formula is C15H34N4O. The molecule has 0 aliphatic carbocycles.